The Labute approximate surface area is 69.0 Å². The van der Waals surface area contributed by atoms with E-state index in [1.165, 1.54) is 6.42 Å². The van der Waals surface area contributed by atoms with E-state index in [4.69, 9.17) is 0 Å². The second-order valence-electron chi connectivity index (χ2n) is 3.58. The molecule has 3 atom stereocenters. The van der Waals surface area contributed by atoms with E-state index in [2.05, 4.69) is 19.2 Å². The molecule has 2 nitrogen and oxygen atoms in total. The van der Waals surface area contributed by atoms with Crippen molar-refractivity contribution in [2.24, 2.45) is 0 Å². The second kappa shape index (κ2) is 4.07. The van der Waals surface area contributed by atoms with Crippen molar-refractivity contribution in [3.05, 3.63) is 0 Å². The Hall–Kier alpha value is -0.0800. The van der Waals surface area contributed by atoms with Gasteiger partial charge in [-0.3, -0.25) is 0 Å². The minimum absolute atomic E-state index is 0.0935. The van der Waals surface area contributed by atoms with Crippen molar-refractivity contribution in [3.8, 4) is 0 Å². The Morgan fingerprint density at radius 1 is 1.55 bits per heavy atom. The molecule has 0 spiro atoms. The summed E-state index contributed by atoms with van der Waals surface area (Å²) < 4.78 is 0. The fourth-order valence-corrected chi connectivity index (χ4v) is 1.62. The van der Waals surface area contributed by atoms with Crippen molar-refractivity contribution < 1.29 is 5.11 Å². The van der Waals surface area contributed by atoms with E-state index in [0.717, 1.165) is 19.3 Å². The molecule has 0 bridgehead atoms. The molecule has 1 saturated carbocycles. The molecule has 11 heavy (non-hydrogen) atoms. The third kappa shape index (κ3) is 2.46. The molecule has 1 rings (SSSR count). The van der Waals surface area contributed by atoms with Crippen LogP contribution in [0, 0.1) is 0 Å². The van der Waals surface area contributed by atoms with E-state index in [9.17, 15) is 5.11 Å². The fraction of sp³-hybridized carbons (Fsp3) is 1.00. The minimum atomic E-state index is -0.0935. The Morgan fingerprint density at radius 2 is 2.27 bits per heavy atom. The monoisotopic (exact) mass is 157 g/mol. The Kier molecular flexibility index (Phi) is 3.34. The maximum absolute atomic E-state index is 9.47. The number of aliphatic hydroxyl groups excluding tert-OH is 1. The van der Waals surface area contributed by atoms with Gasteiger partial charge in [0.2, 0.25) is 0 Å². The third-order valence-corrected chi connectivity index (χ3v) is 2.59. The van der Waals surface area contributed by atoms with Crippen LogP contribution in [0.4, 0.5) is 0 Å². The molecule has 0 heterocycles. The van der Waals surface area contributed by atoms with Gasteiger partial charge in [0.1, 0.15) is 0 Å². The molecule has 0 aromatic rings. The SMILES string of the molecule is CC[C@H](C)N[C@H]1CCC[C@H]1O. The highest BCUT2D eigenvalue weighted by Gasteiger charge is 2.25. The van der Waals surface area contributed by atoms with Crippen LogP contribution in [-0.2, 0) is 0 Å². The van der Waals surface area contributed by atoms with Crippen LogP contribution in [0.2, 0.25) is 0 Å². The average Bonchev–Trinajstić information content (AvgIpc) is 2.37. The van der Waals surface area contributed by atoms with Crippen molar-refractivity contribution in [1.29, 1.82) is 0 Å². The van der Waals surface area contributed by atoms with Crippen LogP contribution < -0.4 is 5.32 Å². The fourth-order valence-electron chi connectivity index (χ4n) is 1.62. The first-order valence-electron chi connectivity index (χ1n) is 4.68. The summed E-state index contributed by atoms with van der Waals surface area (Å²) in [5, 5.41) is 12.9. The van der Waals surface area contributed by atoms with E-state index >= 15 is 0 Å². The van der Waals surface area contributed by atoms with Crippen molar-refractivity contribution >= 4 is 0 Å². The number of aliphatic hydroxyl groups is 1. The zero-order valence-corrected chi connectivity index (χ0v) is 7.51. The maximum atomic E-state index is 9.47. The van der Waals surface area contributed by atoms with Crippen molar-refractivity contribution in [2.45, 2.75) is 57.7 Å². The first-order chi connectivity index (χ1) is 5.24. The van der Waals surface area contributed by atoms with E-state index in [-0.39, 0.29) is 6.10 Å². The number of hydrogen-bond acceptors (Lipinski definition) is 2. The van der Waals surface area contributed by atoms with Gasteiger partial charge in [-0.15, -0.1) is 0 Å². The number of rotatable bonds is 3. The largest absolute Gasteiger partial charge is 0.392 e. The lowest BCUT2D eigenvalue weighted by molar-refractivity contribution is 0.143. The molecule has 2 N–H and O–H groups in total. The molecule has 0 aromatic carbocycles. The van der Waals surface area contributed by atoms with Gasteiger partial charge in [0.05, 0.1) is 6.10 Å². The summed E-state index contributed by atoms with van der Waals surface area (Å²) in [6.45, 7) is 4.34. The molecule has 2 heteroatoms. The van der Waals surface area contributed by atoms with Crippen LogP contribution in [0.25, 0.3) is 0 Å². The zero-order chi connectivity index (χ0) is 8.27. The summed E-state index contributed by atoms with van der Waals surface area (Å²) in [7, 11) is 0. The third-order valence-electron chi connectivity index (χ3n) is 2.59. The highest BCUT2D eigenvalue weighted by molar-refractivity contribution is 4.83. The lowest BCUT2D eigenvalue weighted by Crippen LogP contribution is -2.40. The number of nitrogens with one attached hydrogen (secondary N) is 1. The van der Waals surface area contributed by atoms with Gasteiger partial charge in [0.15, 0.2) is 0 Å². The van der Waals surface area contributed by atoms with Crippen LogP contribution in [0.5, 0.6) is 0 Å². The summed E-state index contributed by atoms with van der Waals surface area (Å²) in [5.41, 5.74) is 0. The molecule has 0 saturated heterocycles. The standard InChI is InChI=1S/C9H19NO/c1-3-7(2)10-8-5-4-6-9(8)11/h7-11H,3-6H2,1-2H3/t7-,8-,9+/m0/s1. The van der Waals surface area contributed by atoms with Gasteiger partial charge in [-0.05, 0) is 32.6 Å². The van der Waals surface area contributed by atoms with Gasteiger partial charge in [0, 0.05) is 12.1 Å². The molecule has 0 aliphatic heterocycles. The summed E-state index contributed by atoms with van der Waals surface area (Å²) >= 11 is 0. The molecule has 0 aromatic heterocycles. The highest BCUT2D eigenvalue weighted by atomic mass is 16.3. The van der Waals surface area contributed by atoms with Crippen molar-refractivity contribution in [2.75, 3.05) is 0 Å². The minimum Gasteiger partial charge on any atom is -0.392 e. The molecule has 1 aliphatic carbocycles. The molecular weight excluding hydrogens is 138 g/mol. The first-order valence-corrected chi connectivity index (χ1v) is 4.68. The van der Waals surface area contributed by atoms with Gasteiger partial charge in [-0.2, -0.15) is 0 Å². The van der Waals surface area contributed by atoms with Gasteiger partial charge in [0.25, 0.3) is 0 Å². The van der Waals surface area contributed by atoms with Crippen molar-refractivity contribution in [1.82, 2.24) is 5.32 Å². The van der Waals surface area contributed by atoms with Crippen LogP contribution in [0.15, 0.2) is 0 Å². The van der Waals surface area contributed by atoms with E-state index in [0.29, 0.717) is 12.1 Å². The van der Waals surface area contributed by atoms with Gasteiger partial charge in [-0.1, -0.05) is 6.92 Å². The molecular formula is C9H19NO. The Bertz CT molecular complexity index is 116. The van der Waals surface area contributed by atoms with E-state index < -0.39 is 0 Å². The average molecular weight is 157 g/mol. The van der Waals surface area contributed by atoms with E-state index in [1.807, 2.05) is 0 Å². The smallest absolute Gasteiger partial charge is 0.0693 e. The maximum Gasteiger partial charge on any atom is 0.0693 e. The Morgan fingerprint density at radius 3 is 2.73 bits per heavy atom. The van der Waals surface area contributed by atoms with Gasteiger partial charge >= 0.3 is 0 Å². The first kappa shape index (κ1) is 9.01. The summed E-state index contributed by atoms with van der Waals surface area (Å²) in [4.78, 5) is 0. The van der Waals surface area contributed by atoms with Crippen LogP contribution in [-0.4, -0.2) is 23.3 Å². The second-order valence-corrected chi connectivity index (χ2v) is 3.58. The lowest BCUT2D eigenvalue weighted by atomic mass is 10.1. The topological polar surface area (TPSA) is 32.3 Å². The van der Waals surface area contributed by atoms with Crippen molar-refractivity contribution in [3.63, 3.8) is 0 Å². The van der Waals surface area contributed by atoms with Gasteiger partial charge < -0.3 is 10.4 Å². The summed E-state index contributed by atoms with van der Waals surface area (Å²) in [6, 6.07) is 0.915. The highest BCUT2D eigenvalue weighted by Crippen LogP contribution is 2.19. The van der Waals surface area contributed by atoms with Gasteiger partial charge in [-0.25, -0.2) is 0 Å². The molecule has 0 unspecified atom stereocenters. The van der Waals surface area contributed by atoms with Crippen LogP contribution in [0.1, 0.15) is 39.5 Å². The summed E-state index contributed by atoms with van der Waals surface area (Å²) in [6.07, 6.45) is 4.35. The Balaban J connectivity index is 2.24. The van der Waals surface area contributed by atoms with Crippen LogP contribution >= 0.6 is 0 Å². The normalized spacial score (nSPS) is 34.1. The quantitative estimate of drug-likeness (QED) is 0.647. The number of hydrogen-bond donors (Lipinski definition) is 2. The predicted octanol–water partition coefficient (Wildman–Crippen LogP) is 1.29. The molecule has 0 radical (unpaired) electrons. The molecule has 66 valence electrons. The lowest BCUT2D eigenvalue weighted by Gasteiger charge is -2.20. The molecule has 1 aliphatic rings. The summed E-state index contributed by atoms with van der Waals surface area (Å²) in [5.74, 6) is 0. The van der Waals surface area contributed by atoms with Crippen LogP contribution in [0.3, 0.4) is 0 Å². The molecule has 0 amide bonds. The molecule has 1 fully saturated rings. The predicted molar refractivity (Wildman–Crippen MR) is 46.5 cm³/mol. The zero-order valence-electron chi connectivity index (χ0n) is 7.51. The van der Waals surface area contributed by atoms with E-state index in [1.54, 1.807) is 0 Å².